The summed E-state index contributed by atoms with van der Waals surface area (Å²) in [5.41, 5.74) is 0.737. The van der Waals surface area contributed by atoms with E-state index in [1.54, 1.807) is 12.1 Å². The molecule has 1 amide bonds. The lowest BCUT2D eigenvalue weighted by Gasteiger charge is -2.38. The van der Waals surface area contributed by atoms with E-state index >= 15 is 0 Å². The number of ether oxygens (including phenoxy) is 1. The first kappa shape index (κ1) is 17.3. The third-order valence-electron chi connectivity index (χ3n) is 5.74. The van der Waals surface area contributed by atoms with E-state index in [0.717, 1.165) is 38.5 Å². The minimum absolute atomic E-state index is 0.0413. The standard InChI is InChI=1S/C19H25N3O4/c23-18(21-14-4-5-14)13-3-6-16(17(11-13)22(24)25)20-15-7-10-26-19(12-15)8-1-2-9-19/h3,6,11,14-15,20H,1-2,4-5,7-10,12H2,(H,21,23). The minimum Gasteiger partial charge on any atom is -0.377 e. The lowest BCUT2D eigenvalue weighted by atomic mass is 9.88. The highest BCUT2D eigenvalue weighted by molar-refractivity contribution is 5.96. The first-order chi connectivity index (χ1) is 12.5. The minimum atomic E-state index is -0.416. The summed E-state index contributed by atoms with van der Waals surface area (Å²) in [4.78, 5) is 23.3. The molecule has 2 saturated carbocycles. The van der Waals surface area contributed by atoms with Crippen molar-refractivity contribution in [1.82, 2.24) is 5.32 Å². The Morgan fingerprint density at radius 1 is 1.19 bits per heavy atom. The van der Waals surface area contributed by atoms with Crippen LogP contribution in [0.2, 0.25) is 0 Å². The molecule has 3 aliphatic rings. The summed E-state index contributed by atoms with van der Waals surface area (Å²) in [6, 6.07) is 5.09. The molecule has 1 aromatic carbocycles. The zero-order valence-corrected chi connectivity index (χ0v) is 14.8. The van der Waals surface area contributed by atoms with E-state index in [9.17, 15) is 14.9 Å². The number of nitro benzene ring substituents is 1. The van der Waals surface area contributed by atoms with Gasteiger partial charge < -0.3 is 15.4 Å². The maximum absolute atomic E-state index is 12.2. The molecule has 1 unspecified atom stereocenters. The number of carbonyl (C=O) groups is 1. The van der Waals surface area contributed by atoms with Crippen LogP contribution in [0.15, 0.2) is 18.2 Å². The maximum Gasteiger partial charge on any atom is 0.293 e. The Bertz CT molecular complexity index is 711. The van der Waals surface area contributed by atoms with Crippen molar-refractivity contribution < 1.29 is 14.5 Å². The first-order valence-electron chi connectivity index (χ1n) is 9.54. The molecule has 7 nitrogen and oxygen atoms in total. The smallest absolute Gasteiger partial charge is 0.293 e. The van der Waals surface area contributed by atoms with Crippen LogP contribution in [0.3, 0.4) is 0 Å². The van der Waals surface area contributed by atoms with Gasteiger partial charge in [-0.3, -0.25) is 14.9 Å². The third-order valence-corrected chi connectivity index (χ3v) is 5.74. The van der Waals surface area contributed by atoms with Crippen molar-refractivity contribution in [2.75, 3.05) is 11.9 Å². The number of hydrogen-bond acceptors (Lipinski definition) is 5. The van der Waals surface area contributed by atoms with E-state index in [0.29, 0.717) is 17.9 Å². The van der Waals surface area contributed by atoms with Gasteiger partial charge in [-0.15, -0.1) is 0 Å². The number of rotatable bonds is 5. The van der Waals surface area contributed by atoms with Gasteiger partial charge in [0.05, 0.1) is 10.5 Å². The van der Waals surface area contributed by atoms with Crippen molar-refractivity contribution >= 4 is 17.3 Å². The van der Waals surface area contributed by atoms with Gasteiger partial charge in [0.15, 0.2) is 0 Å². The molecular formula is C19H25N3O4. The fourth-order valence-electron chi connectivity index (χ4n) is 4.18. The molecule has 4 rings (SSSR count). The summed E-state index contributed by atoms with van der Waals surface area (Å²) in [5.74, 6) is -0.238. The van der Waals surface area contributed by atoms with Gasteiger partial charge in [-0.05, 0) is 50.7 Å². The highest BCUT2D eigenvalue weighted by Crippen LogP contribution is 2.41. The van der Waals surface area contributed by atoms with Crippen LogP contribution in [0.5, 0.6) is 0 Å². The molecule has 1 aliphatic heterocycles. The lowest BCUT2D eigenvalue weighted by Crippen LogP contribution is -2.42. The number of nitrogens with one attached hydrogen (secondary N) is 2. The molecule has 1 heterocycles. The zero-order valence-electron chi connectivity index (χ0n) is 14.8. The number of nitrogens with zero attached hydrogens (tertiary/aromatic N) is 1. The summed E-state index contributed by atoms with van der Waals surface area (Å²) in [5, 5.41) is 17.8. The summed E-state index contributed by atoms with van der Waals surface area (Å²) < 4.78 is 6.04. The number of nitro groups is 1. The van der Waals surface area contributed by atoms with Gasteiger partial charge in [-0.2, -0.15) is 0 Å². The van der Waals surface area contributed by atoms with Crippen molar-refractivity contribution in [3.05, 3.63) is 33.9 Å². The fourth-order valence-corrected chi connectivity index (χ4v) is 4.18. The number of carbonyl (C=O) groups excluding carboxylic acids is 1. The van der Waals surface area contributed by atoms with Gasteiger partial charge >= 0.3 is 0 Å². The van der Waals surface area contributed by atoms with Gasteiger partial charge in [-0.25, -0.2) is 0 Å². The Kier molecular flexibility index (Phi) is 4.56. The van der Waals surface area contributed by atoms with E-state index in [1.807, 2.05) is 0 Å². The second kappa shape index (κ2) is 6.87. The highest BCUT2D eigenvalue weighted by atomic mass is 16.6. The Morgan fingerprint density at radius 2 is 1.96 bits per heavy atom. The average Bonchev–Trinajstić information content (AvgIpc) is 3.33. The largest absolute Gasteiger partial charge is 0.377 e. The first-order valence-corrected chi connectivity index (χ1v) is 9.54. The van der Waals surface area contributed by atoms with Gasteiger partial charge in [0.2, 0.25) is 0 Å². The average molecular weight is 359 g/mol. The molecule has 26 heavy (non-hydrogen) atoms. The number of hydrogen-bond donors (Lipinski definition) is 2. The van der Waals surface area contributed by atoms with Crippen molar-refractivity contribution in [3.8, 4) is 0 Å². The van der Waals surface area contributed by atoms with E-state index in [1.165, 1.54) is 18.9 Å². The van der Waals surface area contributed by atoms with Crippen molar-refractivity contribution in [2.24, 2.45) is 0 Å². The van der Waals surface area contributed by atoms with Crippen LogP contribution < -0.4 is 10.6 Å². The Balaban J connectivity index is 1.49. The van der Waals surface area contributed by atoms with Crippen LogP contribution in [0.4, 0.5) is 11.4 Å². The molecule has 1 atom stereocenters. The van der Waals surface area contributed by atoms with E-state index in [4.69, 9.17) is 4.74 Å². The van der Waals surface area contributed by atoms with Gasteiger partial charge in [-0.1, -0.05) is 12.8 Å². The summed E-state index contributed by atoms with van der Waals surface area (Å²) in [6.07, 6.45) is 8.23. The SMILES string of the molecule is O=C(NC1CC1)c1ccc(NC2CCOC3(CCCC3)C2)c([N+](=O)[O-])c1. The van der Waals surface area contributed by atoms with E-state index < -0.39 is 4.92 Å². The lowest BCUT2D eigenvalue weighted by molar-refractivity contribution is -0.384. The molecule has 140 valence electrons. The molecular weight excluding hydrogens is 334 g/mol. The van der Waals surface area contributed by atoms with Crippen molar-refractivity contribution in [1.29, 1.82) is 0 Å². The molecule has 0 aromatic heterocycles. The van der Waals surface area contributed by atoms with Crippen molar-refractivity contribution in [3.63, 3.8) is 0 Å². The van der Waals surface area contributed by atoms with Crippen molar-refractivity contribution in [2.45, 2.75) is 69.1 Å². The second-order valence-corrected chi connectivity index (χ2v) is 7.81. The molecule has 1 saturated heterocycles. The Labute approximate surface area is 152 Å². The van der Waals surface area contributed by atoms with Gasteiger partial charge in [0.1, 0.15) is 5.69 Å². The van der Waals surface area contributed by atoms with Crippen LogP contribution in [-0.4, -0.2) is 35.1 Å². The molecule has 1 aromatic rings. The topological polar surface area (TPSA) is 93.5 Å². The quantitative estimate of drug-likeness (QED) is 0.621. The monoisotopic (exact) mass is 359 g/mol. The molecule has 0 bridgehead atoms. The van der Waals surface area contributed by atoms with Crippen LogP contribution >= 0.6 is 0 Å². The highest BCUT2D eigenvalue weighted by Gasteiger charge is 2.40. The van der Waals surface area contributed by atoms with Gasteiger partial charge in [0.25, 0.3) is 11.6 Å². The Morgan fingerprint density at radius 3 is 2.65 bits per heavy atom. The number of amides is 1. The van der Waals surface area contributed by atoms with Crippen LogP contribution in [0.25, 0.3) is 0 Å². The number of anilines is 1. The Hall–Kier alpha value is -2.15. The molecule has 3 fully saturated rings. The fraction of sp³-hybridized carbons (Fsp3) is 0.632. The summed E-state index contributed by atoms with van der Waals surface area (Å²) in [6.45, 7) is 0.688. The van der Waals surface area contributed by atoms with Gasteiger partial charge in [0, 0.05) is 30.3 Å². The summed E-state index contributed by atoms with van der Waals surface area (Å²) in [7, 11) is 0. The molecule has 2 N–H and O–H groups in total. The third kappa shape index (κ3) is 3.67. The molecule has 2 aliphatic carbocycles. The predicted molar refractivity (Wildman–Crippen MR) is 97.4 cm³/mol. The molecule has 1 spiro atoms. The predicted octanol–water partition coefficient (Wildman–Crippen LogP) is 3.39. The second-order valence-electron chi connectivity index (χ2n) is 7.81. The zero-order chi connectivity index (χ0) is 18.1. The van der Waals surface area contributed by atoms with Crippen LogP contribution in [0.1, 0.15) is 61.7 Å². The van der Waals surface area contributed by atoms with Crippen LogP contribution in [-0.2, 0) is 4.74 Å². The normalized spacial score (nSPS) is 24.4. The number of benzene rings is 1. The van der Waals surface area contributed by atoms with Crippen LogP contribution in [0, 0.1) is 10.1 Å². The van der Waals surface area contributed by atoms with E-state index in [-0.39, 0.29) is 29.3 Å². The van der Waals surface area contributed by atoms with E-state index in [2.05, 4.69) is 10.6 Å². The summed E-state index contributed by atoms with van der Waals surface area (Å²) >= 11 is 0. The molecule has 0 radical (unpaired) electrons. The maximum atomic E-state index is 12.2. The molecule has 7 heteroatoms.